The van der Waals surface area contributed by atoms with Crippen LogP contribution in [0.15, 0.2) is 18.5 Å². The molecule has 15 heavy (non-hydrogen) atoms. The Labute approximate surface area is 101 Å². The van der Waals surface area contributed by atoms with Crippen LogP contribution >= 0.6 is 35.6 Å². The van der Waals surface area contributed by atoms with E-state index in [9.17, 15) is 4.39 Å². The molecule has 0 N–H and O–H groups in total. The van der Waals surface area contributed by atoms with Crippen molar-refractivity contribution in [2.24, 2.45) is 0 Å². The first-order valence-corrected chi connectivity index (χ1v) is 5.90. The summed E-state index contributed by atoms with van der Waals surface area (Å²) in [7, 11) is 0. The number of thiazole rings is 1. The standard InChI is InChI=1S/C9H6ClFN2S2/c10-8-7(4-14)15-9(13-8)5-1-6(11)3-12-2-5/h1-3,14H,4H2. The molecule has 2 aromatic rings. The van der Waals surface area contributed by atoms with Crippen LogP contribution in [0.1, 0.15) is 4.88 Å². The molecule has 0 aliphatic rings. The Morgan fingerprint density at radius 1 is 1.47 bits per heavy atom. The Bertz CT molecular complexity index is 487. The van der Waals surface area contributed by atoms with E-state index in [1.54, 1.807) is 6.20 Å². The maximum absolute atomic E-state index is 12.9. The summed E-state index contributed by atoms with van der Waals surface area (Å²) in [6.45, 7) is 0. The third-order valence-electron chi connectivity index (χ3n) is 1.75. The monoisotopic (exact) mass is 260 g/mol. The molecule has 0 radical (unpaired) electrons. The van der Waals surface area contributed by atoms with Gasteiger partial charge in [-0.3, -0.25) is 4.98 Å². The number of halogens is 2. The van der Waals surface area contributed by atoms with E-state index in [-0.39, 0.29) is 5.82 Å². The smallest absolute Gasteiger partial charge is 0.144 e. The Morgan fingerprint density at radius 3 is 2.87 bits per heavy atom. The van der Waals surface area contributed by atoms with Gasteiger partial charge in [0.2, 0.25) is 0 Å². The lowest BCUT2D eigenvalue weighted by molar-refractivity contribution is 0.622. The normalized spacial score (nSPS) is 10.6. The highest BCUT2D eigenvalue weighted by Gasteiger charge is 2.10. The SMILES string of the molecule is Fc1cncc(-c2nc(Cl)c(CS)s2)c1. The molecular weight excluding hydrogens is 255 g/mol. The van der Waals surface area contributed by atoms with Crippen LogP contribution in [0.2, 0.25) is 5.15 Å². The predicted octanol–water partition coefficient (Wildman–Crippen LogP) is 3.43. The lowest BCUT2D eigenvalue weighted by atomic mass is 10.3. The van der Waals surface area contributed by atoms with Crippen LogP contribution in [-0.4, -0.2) is 9.97 Å². The van der Waals surface area contributed by atoms with Crippen molar-refractivity contribution in [3.63, 3.8) is 0 Å². The quantitative estimate of drug-likeness (QED) is 0.837. The Balaban J connectivity index is 2.45. The Kier molecular flexibility index (Phi) is 3.23. The number of hydrogen-bond acceptors (Lipinski definition) is 4. The van der Waals surface area contributed by atoms with Crippen molar-refractivity contribution in [1.82, 2.24) is 9.97 Å². The van der Waals surface area contributed by atoms with E-state index in [1.165, 1.54) is 17.4 Å². The highest BCUT2D eigenvalue weighted by Crippen LogP contribution is 2.31. The van der Waals surface area contributed by atoms with Gasteiger partial charge in [-0.15, -0.1) is 11.3 Å². The van der Waals surface area contributed by atoms with Gasteiger partial charge in [0, 0.05) is 17.5 Å². The molecule has 0 atom stereocenters. The van der Waals surface area contributed by atoms with E-state index in [1.807, 2.05) is 0 Å². The van der Waals surface area contributed by atoms with Crippen LogP contribution in [0.4, 0.5) is 4.39 Å². The molecule has 0 fully saturated rings. The summed E-state index contributed by atoms with van der Waals surface area (Å²) >= 11 is 11.4. The molecule has 0 aliphatic carbocycles. The van der Waals surface area contributed by atoms with Crippen LogP contribution in [0.25, 0.3) is 10.6 Å². The van der Waals surface area contributed by atoms with E-state index in [0.29, 0.717) is 21.5 Å². The van der Waals surface area contributed by atoms with Gasteiger partial charge in [0.15, 0.2) is 0 Å². The zero-order chi connectivity index (χ0) is 10.8. The lowest BCUT2D eigenvalue weighted by Crippen LogP contribution is -1.81. The average molecular weight is 261 g/mol. The first kappa shape index (κ1) is 10.9. The van der Waals surface area contributed by atoms with E-state index in [4.69, 9.17) is 11.6 Å². The van der Waals surface area contributed by atoms with Gasteiger partial charge in [-0.05, 0) is 6.07 Å². The molecule has 6 heteroatoms. The summed E-state index contributed by atoms with van der Waals surface area (Å²) in [5.41, 5.74) is 0.634. The molecule has 0 spiro atoms. The van der Waals surface area contributed by atoms with E-state index in [2.05, 4.69) is 22.6 Å². The maximum atomic E-state index is 12.9. The molecule has 0 amide bonds. The summed E-state index contributed by atoms with van der Waals surface area (Å²) < 4.78 is 12.9. The Morgan fingerprint density at radius 2 is 2.27 bits per heavy atom. The van der Waals surface area contributed by atoms with Crippen LogP contribution in [0.3, 0.4) is 0 Å². The average Bonchev–Trinajstić information content (AvgIpc) is 2.60. The highest BCUT2D eigenvalue weighted by molar-refractivity contribution is 7.79. The molecule has 0 aliphatic heterocycles. The molecule has 0 saturated heterocycles. The molecular formula is C9H6ClFN2S2. The lowest BCUT2D eigenvalue weighted by Gasteiger charge is -1.93. The van der Waals surface area contributed by atoms with E-state index >= 15 is 0 Å². The number of nitrogens with zero attached hydrogens (tertiary/aromatic N) is 2. The molecule has 2 rings (SSSR count). The second-order valence-electron chi connectivity index (χ2n) is 2.78. The van der Waals surface area contributed by atoms with Crippen molar-refractivity contribution in [2.75, 3.05) is 0 Å². The van der Waals surface area contributed by atoms with Gasteiger partial charge in [0.05, 0.1) is 11.1 Å². The summed E-state index contributed by atoms with van der Waals surface area (Å²) in [6.07, 6.45) is 2.71. The zero-order valence-electron chi connectivity index (χ0n) is 7.44. The van der Waals surface area contributed by atoms with Crippen molar-refractivity contribution < 1.29 is 4.39 Å². The topological polar surface area (TPSA) is 25.8 Å². The number of rotatable bonds is 2. The molecule has 2 heterocycles. The van der Waals surface area contributed by atoms with Gasteiger partial charge in [-0.25, -0.2) is 9.37 Å². The molecule has 0 aromatic carbocycles. The summed E-state index contributed by atoms with van der Waals surface area (Å²) in [5, 5.41) is 1.09. The van der Waals surface area contributed by atoms with Crippen LogP contribution in [-0.2, 0) is 5.75 Å². The fourth-order valence-electron chi connectivity index (χ4n) is 1.08. The summed E-state index contributed by atoms with van der Waals surface area (Å²) in [4.78, 5) is 8.75. The minimum Gasteiger partial charge on any atom is -0.261 e. The fraction of sp³-hybridized carbons (Fsp3) is 0.111. The van der Waals surface area contributed by atoms with Crippen LogP contribution in [0, 0.1) is 5.82 Å². The molecule has 2 aromatic heterocycles. The number of thiol groups is 1. The van der Waals surface area contributed by atoms with Crippen molar-refractivity contribution in [1.29, 1.82) is 0 Å². The van der Waals surface area contributed by atoms with Gasteiger partial charge in [0.25, 0.3) is 0 Å². The second kappa shape index (κ2) is 4.47. The summed E-state index contributed by atoms with van der Waals surface area (Å²) in [6, 6.07) is 1.38. The first-order chi connectivity index (χ1) is 7.20. The number of hydrogen-bond donors (Lipinski definition) is 1. The van der Waals surface area contributed by atoms with Gasteiger partial charge < -0.3 is 0 Å². The van der Waals surface area contributed by atoms with E-state index < -0.39 is 0 Å². The van der Waals surface area contributed by atoms with Crippen molar-refractivity contribution in [3.8, 4) is 10.6 Å². The first-order valence-electron chi connectivity index (χ1n) is 4.07. The number of pyridine rings is 1. The number of aromatic nitrogens is 2. The van der Waals surface area contributed by atoms with Gasteiger partial charge >= 0.3 is 0 Å². The molecule has 0 bridgehead atoms. The molecule has 0 saturated carbocycles. The molecule has 2 nitrogen and oxygen atoms in total. The zero-order valence-corrected chi connectivity index (χ0v) is 9.91. The minimum atomic E-state index is -0.383. The van der Waals surface area contributed by atoms with E-state index in [0.717, 1.165) is 11.1 Å². The van der Waals surface area contributed by atoms with Crippen LogP contribution < -0.4 is 0 Å². The highest BCUT2D eigenvalue weighted by atomic mass is 35.5. The van der Waals surface area contributed by atoms with Crippen molar-refractivity contribution >= 4 is 35.6 Å². The molecule has 78 valence electrons. The maximum Gasteiger partial charge on any atom is 0.144 e. The third-order valence-corrected chi connectivity index (χ3v) is 3.80. The Hall–Kier alpha value is -0.650. The summed E-state index contributed by atoms with van der Waals surface area (Å²) in [5.74, 6) is 0.144. The van der Waals surface area contributed by atoms with Gasteiger partial charge in [-0.1, -0.05) is 11.6 Å². The second-order valence-corrected chi connectivity index (χ2v) is 4.54. The van der Waals surface area contributed by atoms with Gasteiger partial charge in [0.1, 0.15) is 16.0 Å². The fourth-order valence-corrected chi connectivity index (χ4v) is 2.63. The van der Waals surface area contributed by atoms with Crippen molar-refractivity contribution in [2.45, 2.75) is 5.75 Å². The van der Waals surface area contributed by atoms with Gasteiger partial charge in [-0.2, -0.15) is 12.6 Å². The largest absolute Gasteiger partial charge is 0.261 e. The molecule has 0 unspecified atom stereocenters. The predicted molar refractivity (Wildman–Crippen MR) is 63.0 cm³/mol. The van der Waals surface area contributed by atoms with Crippen molar-refractivity contribution in [3.05, 3.63) is 34.3 Å². The van der Waals surface area contributed by atoms with Crippen LogP contribution in [0.5, 0.6) is 0 Å². The minimum absolute atomic E-state index is 0.383. The third kappa shape index (κ3) is 2.30.